The molecule has 2 saturated heterocycles. The van der Waals surface area contributed by atoms with Gasteiger partial charge in [0.25, 0.3) is 5.92 Å². The summed E-state index contributed by atoms with van der Waals surface area (Å²) in [4.78, 5) is 46.4. The number of hydrogen-bond acceptors (Lipinski definition) is 10. The second-order valence-electron chi connectivity index (χ2n) is 9.97. The Morgan fingerprint density at radius 1 is 1.20 bits per heavy atom. The number of likely N-dealkylation sites (tertiary alicyclic amines) is 1. The molecular weight excluding hydrogens is 528 g/mol. The molecule has 2 aromatic heterocycles. The number of carbonyl (C=O) groups is 2. The molecule has 0 aliphatic carbocycles. The molecule has 2 N–H and O–H groups in total. The highest BCUT2D eigenvalue weighted by atomic mass is 19.3. The molecule has 3 amide bonds. The molecule has 218 valence electrons. The molecule has 2 aliphatic heterocycles. The molecule has 15 heteroatoms. The topological polar surface area (TPSA) is 138 Å². The van der Waals surface area contributed by atoms with Crippen LogP contribution in [-0.4, -0.2) is 106 Å². The molecule has 4 rings (SSSR count). The number of hydrogen-bond donors (Lipinski definition) is 2. The minimum absolute atomic E-state index is 0.00229. The number of alkyl halides is 2. The summed E-state index contributed by atoms with van der Waals surface area (Å²) in [6.07, 6.45) is 4.45. The van der Waals surface area contributed by atoms with Crippen LogP contribution in [0.3, 0.4) is 0 Å². The van der Waals surface area contributed by atoms with E-state index in [1.807, 2.05) is 7.05 Å². The summed E-state index contributed by atoms with van der Waals surface area (Å²) >= 11 is 0. The minimum atomic E-state index is -3.16. The van der Waals surface area contributed by atoms with Crippen LogP contribution < -0.4 is 25.0 Å². The fraction of sp³-hybridized carbons (Fsp3) is 0.600. The predicted octanol–water partition coefficient (Wildman–Crippen LogP) is 2.61. The monoisotopic (exact) mass is 563 g/mol. The van der Waals surface area contributed by atoms with Crippen molar-refractivity contribution in [3.8, 4) is 11.8 Å². The van der Waals surface area contributed by atoms with E-state index in [0.717, 1.165) is 24.3 Å². The maximum Gasteiger partial charge on any atom is 0.414 e. The van der Waals surface area contributed by atoms with Gasteiger partial charge in [0.15, 0.2) is 5.82 Å². The number of rotatable bonds is 7. The number of piperidine rings is 2. The van der Waals surface area contributed by atoms with Crippen molar-refractivity contribution in [1.82, 2.24) is 35.1 Å². The van der Waals surface area contributed by atoms with Gasteiger partial charge in [-0.25, -0.2) is 33.3 Å². The summed E-state index contributed by atoms with van der Waals surface area (Å²) in [5, 5.41) is 5.34. The van der Waals surface area contributed by atoms with Crippen molar-refractivity contribution in [2.45, 2.75) is 57.2 Å². The van der Waals surface area contributed by atoms with E-state index in [4.69, 9.17) is 9.47 Å². The van der Waals surface area contributed by atoms with Crippen molar-refractivity contribution in [3.63, 3.8) is 0 Å². The van der Waals surface area contributed by atoms with Crippen molar-refractivity contribution in [2.75, 3.05) is 50.6 Å². The molecule has 2 aliphatic rings. The summed E-state index contributed by atoms with van der Waals surface area (Å²) < 4.78 is 40.5. The highest BCUT2D eigenvalue weighted by Gasteiger charge is 2.48. The van der Waals surface area contributed by atoms with E-state index < -0.39 is 30.5 Å². The van der Waals surface area contributed by atoms with Gasteiger partial charge in [-0.2, -0.15) is 4.98 Å². The van der Waals surface area contributed by atoms with Crippen LogP contribution >= 0.6 is 0 Å². The number of anilines is 2. The van der Waals surface area contributed by atoms with Gasteiger partial charge in [-0.15, -0.1) is 0 Å². The average molecular weight is 564 g/mol. The van der Waals surface area contributed by atoms with Crippen molar-refractivity contribution >= 4 is 23.9 Å². The Labute approximate surface area is 231 Å². The van der Waals surface area contributed by atoms with Gasteiger partial charge in [0.05, 0.1) is 19.0 Å². The largest absolute Gasteiger partial charge is 0.477 e. The number of amides is 3. The molecule has 0 spiro atoms. The Bertz CT molecular complexity index is 1170. The number of likely N-dealkylation sites (N-methyl/N-ethyl adjacent to an activating group) is 1. The molecule has 2 aromatic rings. The SMILES string of the molecule is CCOc1cnc(NC(=O)N(C)[C@H]2CN(c3nccc(OC(=O)N[C@@H]4CCN(C)[C@H](C)C4)n3)CCC2(F)F)cn1. The lowest BCUT2D eigenvalue weighted by Crippen LogP contribution is -2.60. The number of nitrogens with one attached hydrogen (secondary N) is 2. The number of urea groups is 1. The van der Waals surface area contributed by atoms with Crippen LogP contribution in [0.1, 0.15) is 33.1 Å². The first-order valence-electron chi connectivity index (χ1n) is 13.2. The Hall–Kier alpha value is -3.88. The Morgan fingerprint density at radius 2 is 2.00 bits per heavy atom. The van der Waals surface area contributed by atoms with Crippen LogP contribution in [0.5, 0.6) is 11.8 Å². The highest BCUT2D eigenvalue weighted by molar-refractivity contribution is 5.88. The van der Waals surface area contributed by atoms with E-state index >= 15 is 0 Å². The van der Waals surface area contributed by atoms with Crippen LogP contribution in [0.15, 0.2) is 24.7 Å². The summed E-state index contributed by atoms with van der Waals surface area (Å²) in [7, 11) is 3.33. The van der Waals surface area contributed by atoms with E-state index in [1.54, 1.807) is 6.92 Å². The molecule has 3 atom stereocenters. The van der Waals surface area contributed by atoms with Crippen molar-refractivity contribution in [2.24, 2.45) is 0 Å². The third-order valence-electron chi connectivity index (χ3n) is 7.17. The fourth-order valence-corrected chi connectivity index (χ4v) is 4.67. The Kier molecular flexibility index (Phi) is 9.12. The fourth-order valence-electron chi connectivity index (χ4n) is 4.67. The van der Waals surface area contributed by atoms with E-state index in [0.29, 0.717) is 12.6 Å². The van der Waals surface area contributed by atoms with Gasteiger partial charge in [-0.3, -0.25) is 5.32 Å². The van der Waals surface area contributed by atoms with E-state index in [2.05, 4.69) is 42.4 Å². The third-order valence-corrected chi connectivity index (χ3v) is 7.17. The van der Waals surface area contributed by atoms with Gasteiger partial charge < -0.3 is 29.5 Å². The smallest absolute Gasteiger partial charge is 0.414 e. The minimum Gasteiger partial charge on any atom is -0.477 e. The molecule has 0 saturated carbocycles. The predicted molar refractivity (Wildman–Crippen MR) is 142 cm³/mol. The zero-order chi connectivity index (χ0) is 28.9. The van der Waals surface area contributed by atoms with Gasteiger partial charge in [0.1, 0.15) is 6.04 Å². The van der Waals surface area contributed by atoms with Gasteiger partial charge in [-0.05, 0) is 33.7 Å². The second-order valence-corrected chi connectivity index (χ2v) is 9.97. The zero-order valence-electron chi connectivity index (χ0n) is 23.0. The third kappa shape index (κ3) is 7.20. The van der Waals surface area contributed by atoms with Crippen LogP contribution in [0, 0.1) is 0 Å². The van der Waals surface area contributed by atoms with Crippen LogP contribution in [-0.2, 0) is 0 Å². The molecule has 4 heterocycles. The number of aromatic nitrogens is 4. The van der Waals surface area contributed by atoms with E-state index in [9.17, 15) is 18.4 Å². The van der Waals surface area contributed by atoms with Crippen LogP contribution in [0.25, 0.3) is 0 Å². The Balaban J connectivity index is 1.37. The molecule has 0 radical (unpaired) electrons. The van der Waals surface area contributed by atoms with E-state index in [-0.39, 0.29) is 42.7 Å². The number of nitrogens with zero attached hydrogens (tertiary/aromatic N) is 7. The van der Waals surface area contributed by atoms with Gasteiger partial charge in [-0.1, -0.05) is 0 Å². The number of halogens is 2. The van der Waals surface area contributed by atoms with Crippen molar-refractivity contribution in [3.05, 3.63) is 24.7 Å². The maximum absolute atomic E-state index is 15.0. The van der Waals surface area contributed by atoms with Gasteiger partial charge >= 0.3 is 12.1 Å². The van der Waals surface area contributed by atoms with Gasteiger partial charge in [0, 0.05) is 57.4 Å². The van der Waals surface area contributed by atoms with E-state index in [1.165, 1.54) is 36.6 Å². The number of ether oxygens (including phenoxy) is 2. The molecule has 2 fully saturated rings. The molecular formula is C25H35F2N9O4. The number of carbonyl (C=O) groups excluding carboxylic acids is 2. The summed E-state index contributed by atoms with van der Waals surface area (Å²) in [6, 6.07) is -0.514. The lowest BCUT2D eigenvalue weighted by Gasteiger charge is -2.42. The quantitative estimate of drug-likeness (QED) is 0.517. The highest BCUT2D eigenvalue weighted by Crippen LogP contribution is 2.33. The van der Waals surface area contributed by atoms with Crippen LogP contribution in [0.2, 0.25) is 0 Å². The van der Waals surface area contributed by atoms with Crippen molar-refractivity contribution in [1.29, 1.82) is 0 Å². The summed E-state index contributed by atoms with van der Waals surface area (Å²) in [5.74, 6) is -2.67. The first-order chi connectivity index (χ1) is 19.1. The molecule has 0 aromatic carbocycles. The summed E-state index contributed by atoms with van der Waals surface area (Å²) in [6.45, 7) is 4.87. The van der Waals surface area contributed by atoms with Crippen LogP contribution in [0.4, 0.5) is 30.1 Å². The zero-order valence-corrected chi connectivity index (χ0v) is 23.0. The standard InChI is InChI=1S/C25H35F2N9O4/c1-5-39-21-14-29-19(13-30-21)32-23(37)35(4)18-15-36(11-8-25(18,26)27)22-28-9-6-20(33-22)40-24(38)31-17-7-10-34(3)16(2)12-17/h6,9,13-14,16-18H,5,7-8,10-12,15H2,1-4H3,(H,31,38)(H,29,32,37)/t16-,17-,18+/m1/s1. The summed E-state index contributed by atoms with van der Waals surface area (Å²) in [5.41, 5.74) is 0. The Morgan fingerprint density at radius 3 is 2.70 bits per heavy atom. The molecule has 13 nitrogen and oxygen atoms in total. The maximum atomic E-state index is 15.0. The first kappa shape index (κ1) is 29.1. The first-order valence-corrected chi connectivity index (χ1v) is 13.2. The molecule has 0 bridgehead atoms. The lowest BCUT2D eigenvalue weighted by atomic mass is 9.99. The van der Waals surface area contributed by atoms with Gasteiger partial charge in [0.2, 0.25) is 17.7 Å². The second kappa shape index (κ2) is 12.5. The average Bonchev–Trinajstić information content (AvgIpc) is 2.91. The normalized spacial score (nSPS) is 22.8. The molecule has 0 unspecified atom stereocenters. The lowest BCUT2D eigenvalue weighted by molar-refractivity contribution is -0.0760. The van der Waals surface area contributed by atoms with Crippen molar-refractivity contribution < 1.29 is 27.8 Å². The molecule has 40 heavy (non-hydrogen) atoms.